The van der Waals surface area contributed by atoms with Crippen LogP contribution in [0.4, 0.5) is 5.69 Å². The topological polar surface area (TPSA) is 75.4 Å². The standard InChI is InChI=1S/C13H17N3O2S2/c1-10(12-7-5-9-19-12)16(2)20(17,18)13-8-4-3-6-11(13)15-14/h3-10,15H,14H2,1-2H3. The minimum absolute atomic E-state index is 0.174. The van der Waals surface area contributed by atoms with Crippen molar-refractivity contribution in [2.45, 2.75) is 17.9 Å². The van der Waals surface area contributed by atoms with Crippen molar-refractivity contribution in [2.75, 3.05) is 12.5 Å². The summed E-state index contributed by atoms with van der Waals surface area (Å²) in [6, 6.07) is 10.2. The number of benzene rings is 1. The molecule has 20 heavy (non-hydrogen) atoms. The van der Waals surface area contributed by atoms with Crippen molar-refractivity contribution in [3.63, 3.8) is 0 Å². The summed E-state index contributed by atoms with van der Waals surface area (Å²) in [5.74, 6) is 5.39. The molecular formula is C13H17N3O2S2. The first kappa shape index (κ1) is 15.0. The van der Waals surface area contributed by atoms with Gasteiger partial charge in [-0.1, -0.05) is 18.2 Å². The number of sulfonamides is 1. The molecule has 0 bridgehead atoms. The van der Waals surface area contributed by atoms with Crippen molar-refractivity contribution < 1.29 is 8.42 Å². The molecular weight excluding hydrogens is 294 g/mol. The SMILES string of the molecule is CC(c1cccs1)N(C)S(=O)(=O)c1ccccc1NN. The Bertz CT molecular complexity index is 669. The maximum atomic E-state index is 12.7. The molecule has 2 rings (SSSR count). The summed E-state index contributed by atoms with van der Waals surface area (Å²) in [6.07, 6.45) is 0. The Hall–Kier alpha value is -1.41. The number of thiophene rings is 1. The van der Waals surface area contributed by atoms with Crippen LogP contribution in [0.5, 0.6) is 0 Å². The molecule has 0 radical (unpaired) electrons. The van der Waals surface area contributed by atoms with Crippen LogP contribution in [-0.4, -0.2) is 19.8 Å². The van der Waals surface area contributed by atoms with Crippen molar-refractivity contribution in [3.05, 3.63) is 46.7 Å². The van der Waals surface area contributed by atoms with Gasteiger partial charge in [-0.2, -0.15) is 4.31 Å². The van der Waals surface area contributed by atoms with Gasteiger partial charge >= 0.3 is 0 Å². The van der Waals surface area contributed by atoms with E-state index in [4.69, 9.17) is 5.84 Å². The predicted octanol–water partition coefficient (Wildman–Crippen LogP) is 2.42. The van der Waals surface area contributed by atoms with E-state index in [9.17, 15) is 8.42 Å². The average Bonchev–Trinajstić information content (AvgIpc) is 2.99. The third kappa shape index (κ3) is 2.71. The molecule has 1 unspecified atom stereocenters. The van der Waals surface area contributed by atoms with E-state index in [0.29, 0.717) is 5.69 Å². The highest BCUT2D eigenvalue weighted by atomic mass is 32.2. The van der Waals surface area contributed by atoms with Crippen LogP contribution >= 0.6 is 11.3 Å². The molecule has 7 heteroatoms. The Morgan fingerprint density at radius 3 is 2.55 bits per heavy atom. The lowest BCUT2D eigenvalue weighted by Crippen LogP contribution is -2.30. The number of nitrogens with two attached hydrogens (primary N) is 1. The Morgan fingerprint density at radius 2 is 1.95 bits per heavy atom. The van der Waals surface area contributed by atoms with Crippen molar-refractivity contribution >= 4 is 27.0 Å². The maximum absolute atomic E-state index is 12.7. The number of hydrogen-bond acceptors (Lipinski definition) is 5. The van der Waals surface area contributed by atoms with Gasteiger partial charge in [-0.15, -0.1) is 11.3 Å². The fraction of sp³-hybridized carbons (Fsp3) is 0.231. The second kappa shape index (κ2) is 5.92. The van der Waals surface area contributed by atoms with E-state index in [-0.39, 0.29) is 10.9 Å². The Morgan fingerprint density at radius 1 is 1.25 bits per heavy atom. The summed E-state index contributed by atoms with van der Waals surface area (Å²) in [6.45, 7) is 1.86. The second-order valence-electron chi connectivity index (χ2n) is 4.35. The van der Waals surface area contributed by atoms with Crippen molar-refractivity contribution in [1.29, 1.82) is 0 Å². The van der Waals surface area contributed by atoms with Crippen molar-refractivity contribution in [3.8, 4) is 0 Å². The number of nitrogens with zero attached hydrogens (tertiary/aromatic N) is 1. The third-order valence-electron chi connectivity index (χ3n) is 3.20. The Kier molecular flexibility index (Phi) is 4.44. The van der Waals surface area contributed by atoms with Gasteiger partial charge in [0, 0.05) is 11.9 Å². The molecule has 0 fully saturated rings. The quantitative estimate of drug-likeness (QED) is 0.657. The van der Waals surface area contributed by atoms with Crippen LogP contribution in [0.15, 0.2) is 46.7 Å². The van der Waals surface area contributed by atoms with Gasteiger partial charge in [0.25, 0.3) is 0 Å². The lowest BCUT2D eigenvalue weighted by atomic mass is 10.3. The maximum Gasteiger partial charge on any atom is 0.245 e. The molecule has 0 aliphatic carbocycles. The molecule has 0 saturated heterocycles. The Labute approximate surface area is 123 Å². The number of rotatable bonds is 5. The van der Waals surface area contributed by atoms with Gasteiger partial charge in [0.15, 0.2) is 0 Å². The van der Waals surface area contributed by atoms with Gasteiger partial charge in [0.2, 0.25) is 10.0 Å². The van der Waals surface area contributed by atoms with E-state index in [1.54, 1.807) is 31.3 Å². The van der Waals surface area contributed by atoms with E-state index < -0.39 is 10.0 Å². The number of anilines is 1. The van der Waals surface area contributed by atoms with E-state index in [1.165, 1.54) is 15.6 Å². The van der Waals surface area contributed by atoms with Gasteiger partial charge < -0.3 is 5.43 Å². The summed E-state index contributed by atoms with van der Waals surface area (Å²) >= 11 is 1.53. The fourth-order valence-electron chi connectivity index (χ4n) is 1.88. The van der Waals surface area contributed by atoms with Crippen LogP contribution in [0.3, 0.4) is 0 Å². The second-order valence-corrected chi connectivity index (χ2v) is 7.30. The fourth-order valence-corrected chi connectivity index (χ4v) is 4.27. The van der Waals surface area contributed by atoms with Crippen LogP contribution in [0.25, 0.3) is 0 Å². The molecule has 2 aromatic rings. The first-order valence-electron chi connectivity index (χ1n) is 6.05. The molecule has 108 valence electrons. The normalized spacial score (nSPS) is 13.4. The lowest BCUT2D eigenvalue weighted by Gasteiger charge is -2.24. The highest BCUT2D eigenvalue weighted by Gasteiger charge is 2.28. The zero-order chi connectivity index (χ0) is 14.8. The molecule has 0 aliphatic heterocycles. The number of hydrazine groups is 1. The van der Waals surface area contributed by atoms with E-state index in [1.807, 2.05) is 24.4 Å². The summed E-state index contributed by atoms with van der Waals surface area (Å²) < 4.78 is 26.7. The molecule has 0 spiro atoms. The summed E-state index contributed by atoms with van der Waals surface area (Å²) in [5, 5.41) is 1.93. The first-order valence-corrected chi connectivity index (χ1v) is 8.37. The predicted molar refractivity (Wildman–Crippen MR) is 81.9 cm³/mol. The molecule has 1 aromatic heterocycles. The largest absolute Gasteiger partial charge is 0.323 e. The number of hydrogen-bond donors (Lipinski definition) is 2. The molecule has 1 atom stereocenters. The highest BCUT2D eigenvalue weighted by Crippen LogP contribution is 2.30. The smallest absolute Gasteiger partial charge is 0.245 e. The van der Waals surface area contributed by atoms with Crippen molar-refractivity contribution in [2.24, 2.45) is 5.84 Å². The molecule has 1 heterocycles. The summed E-state index contributed by atoms with van der Waals surface area (Å²) in [5.41, 5.74) is 2.81. The summed E-state index contributed by atoms with van der Waals surface area (Å²) in [7, 11) is -2.03. The molecule has 0 saturated carbocycles. The van der Waals surface area contributed by atoms with E-state index >= 15 is 0 Å². The molecule has 3 N–H and O–H groups in total. The molecule has 0 amide bonds. The molecule has 1 aromatic carbocycles. The number of nitrogen functional groups attached to an aromatic ring is 1. The molecule has 0 aliphatic rings. The van der Waals surface area contributed by atoms with Crippen LogP contribution < -0.4 is 11.3 Å². The lowest BCUT2D eigenvalue weighted by molar-refractivity contribution is 0.403. The number of para-hydroxylation sites is 1. The van der Waals surface area contributed by atoms with E-state index in [0.717, 1.165) is 4.88 Å². The number of nitrogens with one attached hydrogen (secondary N) is 1. The van der Waals surface area contributed by atoms with Gasteiger partial charge in [-0.3, -0.25) is 5.84 Å². The monoisotopic (exact) mass is 311 g/mol. The van der Waals surface area contributed by atoms with E-state index in [2.05, 4.69) is 5.43 Å². The highest BCUT2D eigenvalue weighted by molar-refractivity contribution is 7.89. The average molecular weight is 311 g/mol. The van der Waals surface area contributed by atoms with Gasteiger partial charge in [0.1, 0.15) is 4.90 Å². The zero-order valence-electron chi connectivity index (χ0n) is 11.3. The van der Waals surface area contributed by atoms with Crippen LogP contribution in [-0.2, 0) is 10.0 Å². The minimum atomic E-state index is -3.61. The zero-order valence-corrected chi connectivity index (χ0v) is 12.9. The summed E-state index contributed by atoms with van der Waals surface area (Å²) in [4.78, 5) is 1.17. The van der Waals surface area contributed by atoms with Gasteiger partial charge in [-0.25, -0.2) is 8.42 Å². The molecule has 5 nitrogen and oxygen atoms in total. The van der Waals surface area contributed by atoms with Crippen LogP contribution in [0.1, 0.15) is 17.8 Å². The minimum Gasteiger partial charge on any atom is -0.323 e. The third-order valence-corrected chi connectivity index (χ3v) is 6.23. The van der Waals surface area contributed by atoms with Crippen LogP contribution in [0.2, 0.25) is 0 Å². The Balaban J connectivity index is 2.39. The van der Waals surface area contributed by atoms with Gasteiger partial charge in [0.05, 0.1) is 11.7 Å². The van der Waals surface area contributed by atoms with Crippen molar-refractivity contribution in [1.82, 2.24) is 4.31 Å². The van der Waals surface area contributed by atoms with Gasteiger partial charge in [-0.05, 0) is 30.5 Å². The van der Waals surface area contributed by atoms with Crippen LogP contribution in [0, 0.1) is 0 Å². The first-order chi connectivity index (χ1) is 9.48.